The van der Waals surface area contributed by atoms with Crippen molar-refractivity contribution >= 4 is 0 Å². The Morgan fingerprint density at radius 3 is 1.25 bits per heavy atom. The minimum absolute atomic E-state index is 0.441. The van der Waals surface area contributed by atoms with Crippen molar-refractivity contribution < 1.29 is 4.74 Å². The second kappa shape index (κ2) is 11.6. The van der Waals surface area contributed by atoms with Crippen molar-refractivity contribution in [3.8, 4) is 33.8 Å². The Balaban J connectivity index is 1.23. The second-order valence-electron chi connectivity index (χ2n) is 13.5. The van der Waals surface area contributed by atoms with Crippen molar-refractivity contribution in [2.75, 3.05) is 0 Å². The number of para-hydroxylation sites is 1. The fourth-order valence-corrected chi connectivity index (χ4v) is 9.12. The fourth-order valence-electron chi connectivity index (χ4n) is 9.12. The van der Waals surface area contributed by atoms with Gasteiger partial charge in [-0.2, -0.15) is 0 Å². The molecule has 0 atom stereocenters. The van der Waals surface area contributed by atoms with Crippen LogP contribution in [0.3, 0.4) is 0 Å². The minimum Gasteiger partial charge on any atom is -0.457 e. The van der Waals surface area contributed by atoms with Gasteiger partial charge in [-0.1, -0.05) is 194 Å². The molecule has 0 saturated carbocycles. The Labute approximate surface area is 299 Å². The van der Waals surface area contributed by atoms with Crippen molar-refractivity contribution in [3.05, 3.63) is 251 Å². The average Bonchev–Trinajstić information content (AvgIpc) is 3.52. The van der Waals surface area contributed by atoms with Crippen molar-refractivity contribution in [1.29, 1.82) is 0 Å². The van der Waals surface area contributed by atoms with E-state index in [2.05, 4.69) is 206 Å². The number of benzene rings is 8. The third kappa shape index (κ3) is 4.16. The zero-order valence-electron chi connectivity index (χ0n) is 28.0. The van der Waals surface area contributed by atoms with Crippen LogP contribution in [0.1, 0.15) is 44.5 Å². The lowest BCUT2D eigenvalue weighted by atomic mass is 9.62. The zero-order chi connectivity index (χ0) is 33.8. The lowest BCUT2D eigenvalue weighted by molar-refractivity contribution is 0.435. The van der Waals surface area contributed by atoms with Gasteiger partial charge in [-0.3, -0.25) is 0 Å². The summed E-state index contributed by atoms with van der Waals surface area (Å²) in [6, 6.07) is 75.1. The van der Waals surface area contributed by atoms with Crippen molar-refractivity contribution in [3.63, 3.8) is 0 Å². The third-order valence-corrected chi connectivity index (χ3v) is 11.1. The maximum Gasteiger partial charge on any atom is 0.132 e. The van der Waals surface area contributed by atoms with E-state index in [1.807, 2.05) is 0 Å². The van der Waals surface area contributed by atoms with Gasteiger partial charge in [-0.15, -0.1) is 0 Å². The van der Waals surface area contributed by atoms with Crippen LogP contribution in [0.15, 0.2) is 206 Å². The molecular weight excluding hydrogens is 617 g/mol. The molecule has 0 N–H and O–H groups in total. The SMILES string of the molecule is c1ccc(C2(c3ccc(-c4cccc5c4C(c4ccccc4)(c4ccccc4)c4ccccc4O5)cc3)c3ccccc3-c3ccccc32)cc1. The summed E-state index contributed by atoms with van der Waals surface area (Å²) in [5, 5.41) is 0. The molecule has 1 aliphatic carbocycles. The lowest BCUT2D eigenvalue weighted by Gasteiger charge is -2.42. The Hall–Kier alpha value is -6.44. The third-order valence-electron chi connectivity index (χ3n) is 11.1. The summed E-state index contributed by atoms with van der Waals surface area (Å²) < 4.78 is 6.79. The molecule has 51 heavy (non-hydrogen) atoms. The molecule has 0 spiro atoms. The van der Waals surface area contributed by atoms with E-state index < -0.39 is 10.8 Å². The Morgan fingerprint density at radius 1 is 0.275 bits per heavy atom. The highest BCUT2D eigenvalue weighted by Crippen LogP contribution is 2.59. The number of rotatable bonds is 5. The maximum atomic E-state index is 6.79. The standard InChI is InChI=1S/C50H34O/c1-4-17-36(18-5-1)49(43-26-12-10-23-41(43)42-24-11-13-27-44(42)49)39-33-31-35(32-34-39)40-25-16-30-47-48(40)50(37-19-6-2-7-20-37,38-21-8-3-9-22-38)45-28-14-15-29-46(45)51-47/h1-34H. The monoisotopic (exact) mass is 650 g/mol. The molecule has 1 heterocycles. The average molecular weight is 651 g/mol. The molecule has 1 aliphatic heterocycles. The van der Waals surface area contributed by atoms with Crippen LogP contribution in [-0.2, 0) is 10.8 Å². The largest absolute Gasteiger partial charge is 0.457 e. The van der Waals surface area contributed by atoms with Crippen LogP contribution in [0.2, 0.25) is 0 Å². The molecule has 0 fully saturated rings. The molecule has 1 nitrogen and oxygen atoms in total. The topological polar surface area (TPSA) is 9.23 Å². The molecule has 1 heteroatoms. The number of ether oxygens (including phenoxy) is 1. The first kappa shape index (κ1) is 29.5. The molecule has 0 saturated heterocycles. The van der Waals surface area contributed by atoms with Crippen molar-refractivity contribution in [1.82, 2.24) is 0 Å². The first-order valence-corrected chi connectivity index (χ1v) is 17.7. The highest BCUT2D eigenvalue weighted by Gasteiger charge is 2.48. The smallest absolute Gasteiger partial charge is 0.132 e. The number of hydrogen-bond donors (Lipinski definition) is 0. The first-order valence-electron chi connectivity index (χ1n) is 17.7. The molecule has 0 radical (unpaired) electrons. The number of hydrogen-bond acceptors (Lipinski definition) is 1. The molecule has 8 aromatic carbocycles. The number of fused-ring (bicyclic) bond motifs is 5. The highest BCUT2D eigenvalue weighted by atomic mass is 16.5. The van der Waals surface area contributed by atoms with E-state index in [1.54, 1.807) is 0 Å². The van der Waals surface area contributed by atoms with Gasteiger partial charge in [0, 0.05) is 11.1 Å². The summed E-state index contributed by atoms with van der Waals surface area (Å²) in [7, 11) is 0. The molecule has 0 amide bonds. The molecule has 10 rings (SSSR count). The summed E-state index contributed by atoms with van der Waals surface area (Å²) in [5.74, 6) is 1.76. The summed E-state index contributed by atoms with van der Waals surface area (Å²) >= 11 is 0. The normalized spacial score (nSPS) is 14.4. The van der Waals surface area contributed by atoms with Crippen LogP contribution in [0, 0.1) is 0 Å². The second-order valence-corrected chi connectivity index (χ2v) is 13.5. The van der Waals surface area contributed by atoms with E-state index in [-0.39, 0.29) is 0 Å². The van der Waals surface area contributed by atoms with Gasteiger partial charge in [0.15, 0.2) is 0 Å². The Kier molecular flexibility index (Phi) is 6.69. The van der Waals surface area contributed by atoms with Crippen LogP contribution in [0.5, 0.6) is 11.5 Å². The fraction of sp³-hybridized carbons (Fsp3) is 0.0400. The summed E-state index contributed by atoms with van der Waals surface area (Å²) in [5.41, 5.74) is 13.7. The molecule has 0 aromatic heterocycles. The van der Waals surface area contributed by atoms with Crippen LogP contribution in [-0.4, -0.2) is 0 Å². The first-order chi connectivity index (χ1) is 25.3. The minimum atomic E-state index is -0.601. The van der Waals surface area contributed by atoms with E-state index in [0.717, 1.165) is 33.8 Å². The van der Waals surface area contributed by atoms with Crippen LogP contribution in [0.25, 0.3) is 22.3 Å². The van der Waals surface area contributed by atoms with Gasteiger partial charge in [0.2, 0.25) is 0 Å². The van der Waals surface area contributed by atoms with Gasteiger partial charge in [-0.05, 0) is 67.8 Å². The summed E-state index contributed by atoms with van der Waals surface area (Å²) in [6.45, 7) is 0. The summed E-state index contributed by atoms with van der Waals surface area (Å²) in [6.07, 6.45) is 0. The summed E-state index contributed by atoms with van der Waals surface area (Å²) in [4.78, 5) is 0. The maximum absolute atomic E-state index is 6.79. The van der Waals surface area contributed by atoms with Gasteiger partial charge in [0.25, 0.3) is 0 Å². The van der Waals surface area contributed by atoms with E-state index in [1.165, 1.54) is 44.5 Å². The zero-order valence-corrected chi connectivity index (χ0v) is 28.0. The Morgan fingerprint density at radius 2 is 0.686 bits per heavy atom. The molecule has 8 aromatic rings. The van der Waals surface area contributed by atoms with Crippen molar-refractivity contribution in [2.45, 2.75) is 10.8 Å². The highest BCUT2D eigenvalue weighted by molar-refractivity contribution is 5.87. The van der Waals surface area contributed by atoms with E-state index >= 15 is 0 Å². The van der Waals surface area contributed by atoms with Gasteiger partial charge in [-0.25, -0.2) is 0 Å². The van der Waals surface area contributed by atoms with Gasteiger partial charge >= 0.3 is 0 Å². The van der Waals surface area contributed by atoms with Crippen LogP contribution >= 0.6 is 0 Å². The quantitative estimate of drug-likeness (QED) is 0.180. The van der Waals surface area contributed by atoms with E-state index in [9.17, 15) is 0 Å². The van der Waals surface area contributed by atoms with E-state index in [0.29, 0.717) is 0 Å². The van der Waals surface area contributed by atoms with Crippen LogP contribution < -0.4 is 4.74 Å². The van der Waals surface area contributed by atoms with Crippen molar-refractivity contribution in [2.24, 2.45) is 0 Å². The predicted molar refractivity (Wildman–Crippen MR) is 208 cm³/mol. The van der Waals surface area contributed by atoms with Gasteiger partial charge in [0.05, 0.1) is 10.8 Å². The molecule has 240 valence electrons. The van der Waals surface area contributed by atoms with E-state index in [4.69, 9.17) is 4.74 Å². The molecule has 0 unspecified atom stereocenters. The molecular formula is C50H34O. The van der Waals surface area contributed by atoms with Gasteiger partial charge in [0.1, 0.15) is 11.5 Å². The van der Waals surface area contributed by atoms with Crippen LogP contribution in [0.4, 0.5) is 0 Å². The predicted octanol–water partition coefficient (Wildman–Crippen LogP) is 12.2. The Bertz CT molecular complexity index is 2450. The van der Waals surface area contributed by atoms with Gasteiger partial charge < -0.3 is 4.74 Å². The lowest BCUT2D eigenvalue weighted by Crippen LogP contribution is -2.34. The molecule has 0 bridgehead atoms. The molecule has 2 aliphatic rings.